The van der Waals surface area contributed by atoms with Gasteiger partial charge in [0.1, 0.15) is 0 Å². The van der Waals surface area contributed by atoms with Crippen molar-refractivity contribution in [3.8, 4) is 0 Å². The van der Waals surface area contributed by atoms with Crippen LogP contribution in [0.25, 0.3) is 0 Å². The molecule has 1 aromatic rings. The molecule has 0 bridgehead atoms. The summed E-state index contributed by atoms with van der Waals surface area (Å²) in [6.07, 6.45) is 2.83. The number of likely N-dealkylation sites (tertiary alicyclic amines) is 1. The molecule has 1 heterocycles. The molecule has 0 aromatic heterocycles. The van der Waals surface area contributed by atoms with E-state index < -0.39 is 0 Å². The first-order chi connectivity index (χ1) is 7.22. The molecule has 3 atom stereocenters. The maximum atomic E-state index is 2.70. The second-order valence-corrected chi connectivity index (χ2v) is 5.33. The van der Waals surface area contributed by atoms with E-state index in [2.05, 4.69) is 49.1 Å². The van der Waals surface area contributed by atoms with Gasteiger partial charge in [-0.15, -0.1) is 0 Å². The van der Waals surface area contributed by atoms with Crippen LogP contribution in [0.4, 0.5) is 0 Å². The van der Waals surface area contributed by atoms with Gasteiger partial charge in [-0.1, -0.05) is 30.3 Å². The zero-order chi connectivity index (χ0) is 10.5. The molecule has 80 valence electrons. The molecule has 0 unspecified atom stereocenters. The number of rotatable bonds is 2. The molecule has 1 saturated heterocycles. The second-order valence-electron chi connectivity index (χ2n) is 5.33. The Kier molecular flexibility index (Phi) is 1.93. The minimum Gasteiger partial charge on any atom is -0.291 e. The molecule has 0 N–H and O–H groups in total. The lowest BCUT2D eigenvalue weighted by atomic mass is 10.1. The summed E-state index contributed by atoms with van der Waals surface area (Å²) in [5, 5.41) is 0. The van der Waals surface area contributed by atoms with E-state index in [0.29, 0.717) is 11.6 Å². The lowest BCUT2D eigenvalue weighted by molar-refractivity contribution is 0.167. The molecule has 1 nitrogen and oxygen atoms in total. The summed E-state index contributed by atoms with van der Waals surface area (Å²) in [5.41, 5.74) is 2.00. The lowest BCUT2D eigenvalue weighted by Gasteiger charge is -2.31. The van der Waals surface area contributed by atoms with Gasteiger partial charge in [0, 0.05) is 11.6 Å². The van der Waals surface area contributed by atoms with Crippen LogP contribution in [0.3, 0.4) is 0 Å². The molecule has 2 aliphatic rings. The fourth-order valence-electron chi connectivity index (χ4n) is 3.30. The summed E-state index contributed by atoms with van der Waals surface area (Å²) < 4.78 is 0. The highest BCUT2D eigenvalue weighted by molar-refractivity contribution is 5.22. The van der Waals surface area contributed by atoms with Gasteiger partial charge >= 0.3 is 0 Å². The van der Waals surface area contributed by atoms with Gasteiger partial charge in [0.05, 0.1) is 0 Å². The molecule has 1 aromatic carbocycles. The number of benzene rings is 1. The Balaban J connectivity index is 1.83. The summed E-state index contributed by atoms with van der Waals surface area (Å²) in [6.45, 7) is 6.07. The van der Waals surface area contributed by atoms with E-state index in [-0.39, 0.29) is 0 Å². The largest absolute Gasteiger partial charge is 0.291 e. The first kappa shape index (κ1) is 9.41. The van der Waals surface area contributed by atoms with Gasteiger partial charge in [-0.25, -0.2) is 0 Å². The average Bonchev–Trinajstić information content (AvgIpc) is 2.82. The summed E-state index contributed by atoms with van der Waals surface area (Å²) in [4.78, 5) is 2.70. The van der Waals surface area contributed by atoms with Crippen LogP contribution >= 0.6 is 0 Å². The topological polar surface area (TPSA) is 3.24 Å². The summed E-state index contributed by atoms with van der Waals surface area (Å²) in [7, 11) is 0. The minimum atomic E-state index is 0.537. The molecule has 0 spiro atoms. The van der Waals surface area contributed by atoms with Crippen LogP contribution in [0.1, 0.15) is 38.3 Å². The van der Waals surface area contributed by atoms with Crippen molar-refractivity contribution in [3.05, 3.63) is 35.9 Å². The quantitative estimate of drug-likeness (QED) is 0.710. The first-order valence-electron chi connectivity index (χ1n) is 6.03. The molecular weight excluding hydrogens is 182 g/mol. The fourth-order valence-corrected chi connectivity index (χ4v) is 3.30. The highest BCUT2D eigenvalue weighted by Crippen LogP contribution is 2.57. The molecule has 1 heteroatoms. The van der Waals surface area contributed by atoms with Gasteiger partial charge in [0.25, 0.3) is 0 Å². The molecular formula is C14H19N. The van der Waals surface area contributed by atoms with Gasteiger partial charge in [-0.3, -0.25) is 4.90 Å². The molecule has 1 saturated carbocycles. The van der Waals surface area contributed by atoms with Gasteiger partial charge in [-0.2, -0.15) is 0 Å². The minimum absolute atomic E-state index is 0.537. The smallest absolute Gasteiger partial charge is 0.0325 e. The van der Waals surface area contributed by atoms with Crippen LogP contribution in [-0.4, -0.2) is 17.0 Å². The van der Waals surface area contributed by atoms with Crippen molar-refractivity contribution in [1.82, 2.24) is 4.90 Å². The third-order valence-electron chi connectivity index (χ3n) is 4.50. The van der Waals surface area contributed by atoms with Crippen LogP contribution in [0.2, 0.25) is 0 Å². The SMILES string of the molecule is C[C@H](c1ccccc1)N1CC[C@H]2C[C@]21C. The summed E-state index contributed by atoms with van der Waals surface area (Å²) in [6, 6.07) is 11.5. The highest BCUT2D eigenvalue weighted by Gasteiger charge is 2.59. The van der Waals surface area contributed by atoms with Crippen LogP contribution in [0, 0.1) is 5.92 Å². The van der Waals surface area contributed by atoms with E-state index in [9.17, 15) is 0 Å². The van der Waals surface area contributed by atoms with E-state index in [1.54, 1.807) is 0 Å². The summed E-state index contributed by atoms with van der Waals surface area (Å²) >= 11 is 0. The van der Waals surface area contributed by atoms with Gasteiger partial charge in [-0.05, 0) is 44.7 Å². The average molecular weight is 201 g/mol. The van der Waals surface area contributed by atoms with Crippen molar-refractivity contribution >= 4 is 0 Å². The van der Waals surface area contributed by atoms with Crippen molar-refractivity contribution < 1.29 is 0 Å². The molecule has 3 rings (SSSR count). The van der Waals surface area contributed by atoms with Crippen molar-refractivity contribution in [1.29, 1.82) is 0 Å². The van der Waals surface area contributed by atoms with E-state index in [1.807, 2.05) is 0 Å². The Morgan fingerprint density at radius 3 is 2.60 bits per heavy atom. The monoisotopic (exact) mass is 201 g/mol. The Morgan fingerprint density at radius 1 is 1.33 bits per heavy atom. The number of nitrogens with zero attached hydrogens (tertiary/aromatic N) is 1. The maximum absolute atomic E-state index is 2.70. The normalized spacial score (nSPS) is 36.3. The number of hydrogen-bond donors (Lipinski definition) is 0. The van der Waals surface area contributed by atoms with Crippen LogP contribution in [-0.2, 0) is 0 Å². The molecule has 1 aliphatic heterocycles. The van der Waals surface area contributed by atoms with E-state index in [0.717, 1.165) is 5.92 Å². The van der Waals surface area contributed by atoms with Crippen molar-refractivity contribution in [2.75, 3.05) is 6.54 Å². The predicted octanol–water partition coefficient (Wildman–Crippen LogP) is 3.23. The Hall–Kier alpha value is -0.820. The standard InChI is InChI=1S/C14H19N/c1-11(12-6-4-3-5-7-12)15-9-8-13-10-14(13,15)2/h3-7,11,13H,8-10H2,1-2H3/t11-,13+,14-/m1/s1. The number of hydrogen-bond acceptors (Lipinski definition) is 1. The Bertz CT molecular complexity index is 357. The molecule has 1 aliphatic carbocycles. The van der Waals surface area contributed by atoms with Crippen LogP contribution in [0.15, 0.2) is 30.3 Å². The number of fused-ring (bicyclic) bond motifs is 1. The van der Waals surface area contributed by atoms with Crippen LogP contribution < -0.4 is 0 Å². The summed E-state index contributed by atoms with van der Waals surface area (Å²) in [5.74, 6) is 0.990. The molecule has 0 amide bonds. The zero-order valence-electron chi connectivity index (χ0n) is 9.61. The van der Waals surface area contributed by atoms with Crippen molar-refractivity contribution in [2.45, 2.75) is 38.3 Å². The second kappa shape index (κ2) is 3.08. The third kappa shape index (κ3) is 1.33. The molecule has 15 heavy (non-hydrogen) atoms. The van der Waals surface area contributed by atoms with Crippen LogP contribution in [0.5, 0.6) is 0 Å². The number of piperidine rings is 1. The highest BCUT2D eigenvalue weighted by atomic mass is 15.3. The Labute approximate surface area is 92.1 Å². The van der Waals surface area contributed by atoms with E-state index in [1.165, 1.54) is 24.9 Å². The zero-order valence-corrected chi connectivity index (χ0v) is 9.61. The van der Waals surface area contributed by atoms with E-state index in [4.69, 9.17) is 0 Å². The fraction of sp³-hybridized carbons (Fsp3) is 0.571. The maximum Gasteiger partial charge on any atom is 0.0325 e. The van der Waals surface area contributed by atoms with Crippen molar-refractivity contribution in [3.63, 3.8) is 0 Å². The third-order valence-corrected chi connectivity index (χ3v) is 4.50. The van der Waals surface area contributed by atoms with Gasteiger partial charge < -0.3 is 0 Å². The molecule has 0 radical (unpaired) electrons. The van der Waals surface area contributed by atoms with Gasteiger partial charge in [0.15, 0.2) is 0 Å². The molecule has 2 fully saturated rings. The van der Waals surface area contributed by atoms with Crippen molar-refractivity contribution in [2.24, 2.45) is 5.92 Å². The predicted molar refractivity (Wildman–Crippen MR) is 62.7 cm³/mol. The van der Waals surface area contributed by atoms with Gasteiger partial charge in [0.2, 0.25) is 0 Å². The lowest BCUT2D eigenvalue weighted by Crippen LogP contribution is -2.34. The Morgan fingerprint density at radius 2 is 2.07 bits per heavy atom. The first-order valence-corrected chi connectivity index (χ1v) is 6.03. The van der Waals surface area contributed by atoms with E-state index >= 15 is 0 Å².